The van der Waals surface area contributed by atoms with Gasteiger partial charge in [-0.2, -0.15) is 0 Å². The first-order valence-electron chi connectivity index (χ1n) is 8.61. The number of ether oxygens (including phenoxy) is 1. The molecule has 0 unspecified atom stereocenters. The van der Waals surface area contributed by atoms with E-state index in [0.717, 1.165) is 23.6 Å². The molecule has 3 nitrogen and oxygen atoms in total. The van der Waals surface area contributed by atoms with Crippen molar-refractivity contribution in [3.8, 4) is 17.0 Å². The Morgan fingerprint density at radius 3 is 2.42 bits per heavy atom. The highest BCUT2D eigenvalue weighted by Crippen LogP contribution is 2.33. The van der Waals surface area contributed by atoms with Crippen molar-refractivity contribution in [3.05, 3.63) is 47.8 Å². The van der Waals surface area contributed by atoms with E-state index in [1.54, 1.807) is 7.11 Å². The van der Waals surface area contributed by atoms with E-state index in [1.807, 2.05) is 18.3 Å². The predicted octanol–water partition coefficient (Wildman–Crippen LogP) is 5.37. The van der Waals surface area contributed by atoms with Crippen LogP contribution in [0.4, 0.5) is 0 Å². The SMILES string of the molecule is COc1ccc(-c2nccc3c(C)c(C)n(CCC(C)C)c23)cc1. The molecule has 0 atom stereocenters. The third-order valence-corrected chi connectivity index (χ3v) is 4.84. The fourth-order valence-electron chi connectivity index (χ4n) is 3.22. The Bertz CT molecular complexity index is 844. The van der Waals surface area contributed by atoms with Crippen LogP contribution < -0.4 is 4.74 Å². The Balaban J connectivity index is 2.18. The van der Waals surface area contributed by atoms with Crippen LogP contribution in [0.25, 0.3) is 22.2 Å². The molecule has 0 bridgehead atoms. The molecule has 2 aromatic heterocycles. The summed E-state index contributed by atoms with van der Waals surface area (Å²) < 4.78 is 7.72. The molecular weight excluding hydrogens is 296 g/mol. The fraction of sp³-hybridized carbons (Fsp3) is 0.381. The van der Waals surface area contributed by atoms with E-state index >= 15 is 0 Å². The number of hydrogen-bond acceptors (Lipinski definition) is 2. The molecule has 2 heterocycles. The van der Waals surface area contributed by atoms with Crippen LogP contribution in [0.5, 0.6) is 5.75 Å². The maximum absolute atomic E-state index is 5.28. The Hall–Kier alpha value is -2.29. The van der Waals surface area contributed by atoms with Crippen LogP contribution in [0.1, 0.15) is 31.5 Å². The molecule has 0 aliphatic rings. The van der Waals surface area contributed by atoms with E-state index < -0.39 is 0 Å². The van der Waals surface area contributed by atoms with Gasteiger partial charge in [-0.25, -0.2) is 0 Å². The minimum absolute atomic E-state index is 0.684. The fourth-order valence-corrected chi connectivity index (χ4v) is 3.22. The van der Waals surface area contributed by atoms with Gasteiger partial charge in [0.25, 0.3) is 0 Å². The molecule has 3 aromatic rings. The van der Waals surface area contributed by atoms with Gasteiger partial charge < -0.3 is 9.30 Å². The monoisotopic (exact) mass is 322 g/mol. The summed E-state index contributed by atoms with van der Waals surface area (Å²) >= 11 is 0. The quantitative estimate of drug-likeness (QED) is 0.631. The van der Waals surface area contributed by atoms with Gasteiger partial charge in [0, 0.05) is 29.4 Å². The topological polar surface area (TPSA) is 27.1 Å². The molecule has 0 N–H and O–H groups in total. The summed E-state index contributed by atoms with van der Waals surface area (Å²) in [6.07, 6.45) is 3.09. The molecule has 3 heteroatoms. The molecule has 0 spiro atoms. The molecule has 3 rings (SSSR count). The van der Waals surface area contributed by atoms with E-state index in [2.05, 4.69) is 50.5 Å². The maximum Gasteiger partial charge on any atom is 0.118 e. The number of aromatic nitrogens is 2. The first-order valence-corrected chi connectivity index (χ1v) is 8.61. The largest absolute Gasteiger partial charge is 0.497 e. The lowest BCUT2D eigenvalue weighted by atomic mass is 10.1. The van der Waals surface area contributed by atoms with Crippen molar-refractivity contribution in [2.75, 3.05) is 7.11 Å². The average molecular weight is 322 g/mol. The van der Waals surface area contributed by atoms with Gasteiger partial charge in [0.05, 0.1) is 18.3 Å². The minimum Gasteiger partial charge on any atom is -0.497 e. The van der Waals surface area contributed by atoms with E-state index in [4.69, 9.17) is 9.72 Å². The van der Waals surface area contributed by atoms with Crippen molar-refractivity contribution in [2.24, 2.45) is 5.92 Å². The van der Waals surface area contributed by atoms with Gasteiger partial charge in [0.1, 0.15) is 5.75 Å². The Morgan fingerprint density at radius 2 is 1.79 bits per heavy atom. The summed E-state index contributed by atoms with van der Waals surface area (Å²) in [4.78, 5) is 4.71. The van der Waals surface area contributed by atoms with Gasteiger partial charge in [-0.05, 0) is 62.1 Å². The molecule has 1 aromatic carbocycles. The Labute approximate surface area is 144 Å². The van der Waals surface area contributed by atoms with Gasteiger partial charge in [-0.1, -0.05) is 13.8 Å². The van der Waals surface area contributed by atoms with E-state index in [9.17, 15) is 0 Å². The zero-order chi connectivity index (χ0) is 17.3. The van der Waals surface area contributed by atoms with Crippen molar-refractivity contribution in [2.45, 2.75) is 40.7 Å². The Morgan fingerprint density at radius 1 is 1.08 bits per heavy atom. The lowest BCUT2D eigenvalue weighted by molar-refractivity contribution is 0.415. The van der Waals surface area contributed by atoms with Crippen LogP contribution in [0, 0.1) is 19.8 Å². The standard InChI is InChI=1S/C21H26N2O/c1-14(2)11-13-23-16(4)15(3)19-10-12-22-20(21(19)23)17-6-8-18(24-5)9-7-17/h6-10,12,14H,11,13H2,1-5H3. The number of hydrogen-bond donors (Lipinski definition) is 0. The molecule has 126 valence electrons. The van der Waals surface area contributed by atoms with Crippen molar-refractivity contribution < 1.29 is 4.74 Å². The second-order valence-corrected chi connectivity index (χ2v) is 6.83. The summed E-state index contributed by atoms with van der Waals surface area (Å²) in [6.45, 7) is 10.0. The molecule has 0 aliphatic heterocycles. The second kappa shape index (κ2) is 6.68. The van der Waals surface area contributed by atoms with Gasteiger partial charge in [-0.3, -0.25) is 4.98 Å². The first kappa shape index (κ1) is 16.6. The molecule has 0 fully saturated rings. The van der Waals surface area contributed by atoms with Crippen molar-refractivity contribution in [1.29, 1.82) is 0 Å². The highest BCUT2D eigenvalue weighted by Gasteiger charge is 2.16. The Kier molecular flexibility index (Phi) is 4.61. The highest BCUT2D eigenvalue weighted by molar-refractivity contribution is 5.95. The third kappa shape index (κ3) is 2.91. The number of rotatable bonds is 5. The predicted molar refractivity (Wildman–Crippen MR) is 101 cm³/mol. The molecule has 0 saturated heterocycles. The van der Waals surface area contributed by atoms with E-state index in [1.165, 1.54) is 28.6 Å². The van der Waals surface area contributed by atoms with Crippen LogP contribution >= 0.6 is 0 Å². The number of aryl methyl sites for hydroxylation is 2. The minimum atomic E-state index is 0.684. The third-order valence-electron chi connectivity index (χ3n) is 4.84. The zero-order valence-electron chi connectivity index (χ0n) is 15.3. The van der Waals surface area contributed by atoms with Crippen LogP contribution in [-0.2, 0) is 6.54 Å². The summed E-state index contributed by atoms with van der Waals surface area (Å²) in [5, 5.41) is 1.30. The van der Waals surface area contributed by atoms with Crippen molar-refractivity contribution >= 4 is 10.9 Å². The second-order valence-electron chi connectivity index (χ2n) is 6.83. The number of pyridine rings is 1. The van der Waals surface area contributed by atoms with Crippen LogP contribution in [-0.4, -0.2) is 16.7 Å². The number of nitrogens with zero attached hydrogens (tertiary/aromatic N) is 2. The number of methoxy groups -OCH3 is 1. The molecule has 0 amide bonds. The number of benzene rings is 1. The number of fused-ring (bicyclic) bond motifs is 1. The summed E-state index contributed by atoms with van der Waals surface area (Å²) in [5.74, 6) is 1.55. The molecule has 0 aliphatic carbocycles. The maximum atomic E-state index is 5.28. The van der Waals surface area contributed by atoms with Crippen LogP contribution in [0.15, 0.2) is 36.5 Å². The first-order chi connectivity index (χ1) is 11.5. The normalized spacial score (nSPS) is 11.4. The summed E-state index contributed by atoms with van der Waals surface area (Å²) in [7, 11) is 1.69. The lowest BCUT2D eigenvalue weighted by Crippen LogP contribution is -2.04. The lowest BCUT2D eigenvalue weighted by Gasteiger charge is -2.13. The smallest absolute Gasteiger partial charge is 0.118 e. The molecular formula is C21H26N2O. The van der Waals surface area contributed by atoms with E-state index in [-0.39, 0.29) is 0 Å². The van der Waals surface area contributed by atoms with Gasteiger partial charge in [0.2, 0.25) is 0 Å². The zero-order valence-corrected chi connectivity index (χ0v) is 15.3. The van der Waals surface area contributed by atoms with Gasteiger partial charge in [0.15, 0.2) is 0 Å². The van der Waals surface area contributed by atoms with Gasteiger partial charge >= 0.3 is 0 Å². The highest BCUT2D eigenvalue weighted by atomic mass is 16.5. The summed E-state index contributed by atoms with van der Waals surface area (Å²) in [5.41, 5.74) is 6.12. The molecule has 0 radical (unpaired) electrons. The average Bonchev–Trinajstić information content (AvgIpc) is 2.84. The van der Waals surface area contributed by atoms with Crippen molar-refractivity contribution in [3.63, 3.8) is 0 Å². The molecule has 0 saturated carbocycles. The van der Waals surface area contributed by atoms with Gasteiger partial charge in [-0.15, -0.1) is 0 Å². The van der Waals surface area contributed by atoms with Crippen LogP contribution in [0.3, 0.4) is 0 Å². The van der Waals surface area contributed by atoms with Crippen molar-refractivity contribution in [1.82, 2.24) is 9.55 Å². The van der Waals surface area contributed by atoms with Crippen LogP contribution in [0.2, 0.25) is 0 Å². The summed E-state index contributed by atoms with van der Waals surface area (Å²) in [6, 6.07) is 10.3. The van der Waals surface area contributed by atoms with E-state index in [0.29, 0.717) is 5.92 Å². The molecule has 24 heavy (non-hydrogen) atoms.